The first-order chi connectivity index (χ1) is 4.74. The quantitative estimate of drug-likeness (QED) is 0.571. The second kappa shape index (κ2) is 2.86. The first kappa shape index (κ1) is 7.32. The van der Waals surface area contributed by atoms with E-state index >= 15 is 0 Å². The first-order valence-corrected chi connectivity index (χ1v) is 3.61. The second-order valence-corrected chi connectivity index (χ2v) is 2.57. The summed E-state index contributed by atoms with van der Waals surface area (Å²) < 4.78 is 5.42. The zero-order valence-electron chi connectivity index (χ0n) is 6.55. The molecule has 0 aliphatic carbocycles. The summed E-state index contributed by atoms with van der Waals surface area (Å²) >= 11 is 0. The van der Waals surface area contributed by atoms with Gasteiger partial charge in [0.15, 0.2) is 0 Å². The molecule has 0 saturated heterocycles. The second-order valence-electron chi connectivity index (χ2n) is 2.57. The predicted molar refractivity (Wildman–Crippen MR) is 42.3 cm³/mol. The molecule has 0 fully saturated rings. The SMILES string of the molecule is C=C(C)C1=NCC(CC)O1. The minimum atomic E-state index is 0.298. The van der Waals surface area contributed by atoms with Gasteiger partial charge in [-0.25, -0.2) is 4.99 Å². The van der Waals surface area contributed by atoms with Gasteiger partial charge in [-0.15, -0.1) is 0 Å². The van der Waals surface area contributed by atoms with Crippen LogP contribution in [0.25, 0.3) is 0 Å². The van der Waals surface area contributed by atoms with Gasteiger partial charge in [0.1, 0.15) is 6.10 Å². The van der Waals surface area contributed by atoms with Crippen LogP contribution in [-0.2, 0) is 4.74 Å². The van der Waals surface area contributed by atoms with Crippen LogP contribution in [0.3, 0.4) is 0 Å². The van der Waals surface area contributed by atoms with Crippen molar-refractivity contribution in [3.63, 3.8) is 0 Å². The number of rotatable bonds is 2. The fourth-order valence-electron chi connectivity index (χ4n) is 0.865. The molecule has 1 rings (SSSR count). The van der Waals surface area contributed by atoms with Gasteiger partial charge in [-0.2, -0.15) is 0 Å². The molecule has 0 radical (unpaired) electrons. The molecular weight excluding hydrogens is 126 g/mol. The van der Waals surface area contributed by atoms with Crippen molar-refractivity contribution in [3.8, 4) is 0 Å². The fraction of sp³-hybridized carbons (Fsp3) is 0.625. The van der Waals surface area contributed by atoms with Crippen LogP contribution in [0.4, 0.5) is 0 Å². The molecule has 1 aliphatic rings. The van der Waals surface area contributed by atoms with Gasteiger partial charge in [-0.1, -0.05) is 13.5 Å². The smallest absolute Gasteiger partial charge is 0.211 e. The van der Waals surface area contributed by atoms with E-state index in [9.17, 15) is 0 Å². The van der Waals surface area contributed by atoms with Gasteiger partial charge in [0, 0.05) is 5.57 Å². The molecule has 1 atom stereocenters. The van der Waals surface area contributed by atoms with Crippen LogP contribution in [0.15, 0.2) is 17.1 Å². The van der Waals surface area contributed by atoms with E-state index in [1.54, 1.807) is 0 Å². The van der Waals surface area contributed by atoms with Crippen molar-refractivity contribution in [2.45, 2.75) is 26.4 Å². The Morgan fingerprint density at radius 1 is 1.90 bits per heavy atom. The Morgan fingerprint density at radius 3 is 2.90 bits per heavy atom. The molecule has 1 heterocycles. The summed E-state index contributed by atoms with van der Waals surface area (Å²) in [7, 11) is 0. The molecule has 0 aromatic rings. The molecule has 0 spiro atoms. The molecule has 0 saturated carbocycles. The van der Waals surface area contributed by atoms with Crippen LogP contribution in [0.1, 0.15) is 20.3 Å². The molecular formula is C8H13NO. The van der Waals surface area contributed by atoms with Gasteiger partial charge >= 0.3 is 0 Å². The summed E-state index contributed by atoms with van der Waals surface area (Å²) in [5.41, 5.74) is 0.927. The summed E-state index contributed by atoms with van der Waals surface area (Å²) in [6, 6.07) is 0. The molecule has 2 nitrogen and oxygen atoms in total. The summed E-state index contributed by atoms with van der Waals surface area (Å²) in [5, 5.41) is 0. The van der Waals surface area contributed by atoms with E-state index < -0.39 is 0 Å². The number of aliphatic imine (C=N–C) groups is 1. The highest BCUT2D eigenvalue weighted by Gasteiger charge is 2.17. The van der Waals surface area contributed by atoms with E-state index in [2.05, 4.69) is 18.5 Å². The van der Waals surface area contributed by atoms with Crippen LogP contribution in [0.5, 0.6) is 0 Å². The number of nitrogens with zero attached hydrogens (tertiary/aromatic N) is 1. The number of hydrogen-bond acceptors (Lipinski definition) is 2. The highest BCUT2D eigenvalue weighted by atomic mass is 16.5. The van der Waals surface area contributed by atoms with E-state index in [0.717, 1.165) is 24.4 Å². The summed E-state index contributed by atoms with van der Waals surface area (Å²) in [6.45, 7) is 8.57. The Hall–Kier alpha value is -0.790. The lowest BCUT2D eigenvalue weighted by atomic mass is 10.3. The molecule has 2 heteroatoms. The topological polar surface area (TPSA) is 21.6 Å². The van der Waals surface area contributed by atoms with Gasteiger partial charge in [-0.05, 0) is 13.3 Å². The van der Waals surface area contributed by atoms with E-state index in [4.69, 9.17) is 4.74 Å². The molecule has 56 valence electrons. The molecule has 1 aliphatic heterocycles. The van der Waals surface area contributed by atoms with Gasteiger partial charge in [0.25, 0.3) is 0 Å². The molecule has 0 aromatic heterocycles. The normalized spacial score (nSPS) is 23.8. The number of hydrogen-bond donors (Lipinski definition) is 0. The Balaban J connectivity index is 2.47. The molecule has 0 N–H and O–H groups in total. The van der Waals surface area contributed by atoms with E-state index in [1.165, 1.54) is 0 Å². The van der Waals surface area contributed by atoms with Gasteiger partial charge < -0.3 is 4.74 Å². The molecule has 10 heavy (non-hydrogen) atoms. The maximum Gasteiger partial charge on any atom is 0.211 e. The largest absolute Gasteiger partial charge is 0.472 e. The van der Waals surface area contributed by atoms with Gasteiger partial charge in [0.05, 0.1) is 6.54 Å². The van der Waals surface area contributed by atoms with Crippen molar-refractivity contribution in [1.29, 1.82) is 0 Å². The Morgan fingerprint density at radius 2 is 2.60 bits per heavy atom. The third-order valence-electron chi connectivity index (χ3n) is 1.54. The van der Waals surface area contributed by atoms with Crippen molar-refractivity contribution in [1.82, 2.24) is 0 Å². The lowest BCUT2D eigenvalue weighted by Crippen LogP contribution is -2.11. The van der Waals surface area contributed by atoms with Gasteiger partial charge in [-0.3, -0.25) is 0 Å². The first-order valence-electron chi connectivity index (χ1n) is 3.61. The fourth-order valence-corrected chi connectivity index (χ4v) is 0.865. The zero-order valence-corrected chi connectivity index (χ0v) is 6.55. The minimum absolute atomic E-state index is 0.298. The van der Waals surface area contributed by atoms with Crippen LogP contribution < -0.4 is 0 Å². The average Bonchev–Trinajstić information content (AvgIpc) is 2.34. The van der Waals surface area contributed by atoms with E-state index in [0.29, 0.717) is 6.10 Å². The monoisotopic (exact) mass is 139 g/mol. The number of ether oxygens (including phenoxy) is 1. The third-order valence-corrected chi connectivity index (χ3v) is 1.54. The standard InChI is InChI=1S/C8H13NO/c1-4-7-5-9-8(10-7)6(2)3/h7H,2,4-5H2,1,3H3. The van der Waals surface area contributed by atoms with E-state index in [1.807, 2.05) is 6.92 Å². The molecule has 0 bridgehead atoms. The average molecular weight is 139 g/mol. The predicted octanol–water partition coefficient (Wildman–Crippen LogP) is 1.77. The van der Waals surface area contributed by atoms with Crippen LogP contribution in [-0.4, -0.2) is 18.5 Å². The maximum absolute atomic E-state index is 5.42. The van der Waals surface area contributed by atoms with Crippen molar-refractivity contribution >= 4 is 5.90 Å². The Labute approximate surface area is 61.6 Å². The summed E-state index contributed by atoms with van der Waals surface area (Å²) in [5.74, 6) is 0.742. The highest BCUT2D eigenvalue weighted by molar-refractivity contribution is 5.93. The lowest BCUT2D eigenvalue weighted by Gasteiger charge is -2.06. The van der Waals surface area contributed by atoms with Gasteiger partial charge in [0.2, 0.25) is 5.90 Å². The van der Waals surface area contributed by atoms with E-state index in [-0.39, 0.29) is 0 Å². The summed E-state index contributed by atoms with van der Waals surface area (Å²) in [4.78, 5) is 4.18. The Kier molecular flexibility index (Phi) is 2.10. The van der Waals surface area contributed by atoms with Crippen LogP contribution in [0.2, 0.25) is 0 Å². The van der Waals surface area contributed by atoms with Crippen LogP contribution >= 0.6 is 0 Å². The molecule has 0 aromatic carbocycles. The van der Waals surface area contributed by atoms with Crippen molar-refractivity contribution in [2.75, 3.05) is 6.54 Å². The summed E-state index contributed by atoms with van der Waals surface area (Å²) in [6.07, 6.45) is 1.33. The molecule has 0 amide bonds. The van der Waals surface area contributed by atoms with Crippen LogP contribution in [0, 0.1) is 0 Å². The van der Waals surface area contributed by atoms with Crippen molar-refractivity contribution in [2.24, 2.45) is 4.99 Å². The lowest BCUT2D eigenvalue weighted by molar-refractivity contribution is 0.220. The third kappa shape index (κ3) is 1.38. The Bertz CT molecular complexity index is 172. The maximum atomic E-state index is 5.42. The highest BCUT2D eigenvalue weighted by Crippen LogP contribution is 2.11. The van der Waals surface area contributed by atoms with Crippen molar-refractivity contribution < 1.29 is 4.74 Å². The molecule has 1 unspecified atom stereocenters. The van der Waals surface area contributed by atoms with Crippen molar-refractivity contribution in [3.05, 3.63) is 12.2 Å². The minimum Gasteiger partial charge on any atom is -0.472 e. The zero-order chi connectivity index (χ0) is 7.56.